The number of rotatable bonds is 6. The molecule has 1 unspecified atom stereocenters. The first-order valence-electron chi connectivity index (χ1n) is 8.86. The van der Waals surface area contributed by atoms with E-state index in [9.17, 15) is 0 Å². The smallest absolute Gasteiger partial charge is 0.119 e. The van der Waals surface area contributed by atoms with Gasteiger partial charge in [0, 0.05) is 27.3 Å². The van der Waals surface area contributed by atoms with Crippen molar-refractivity contribution in [1.29, 1.82) is 0 Å². The van der Waals surface area contributed by atoms with Gasteiger partial charge in [0.1, 0.15) is 5.75 Å². The van der Waals surface area contributed by atoms with Gasteiger partial charge < -0.3 is 9.64 Å². The van der Waals surface area contributed by atoms with Crippen molar-refractivity contribution in [3.05, 3.63) is 78.9 Å². The van der Waals surface area contributed by atoms with E-state index in [-0.39, 0.29) is 6.10 Å². The van der Waals surface area contributed by atoms with Crippen molar-refractivity contribution in [2.45, 2.75) is 26.4 Å². The topological polar surface area (TPSA) is 12.5 Å². The Morgan fingerprint density at radius 3 is 1.88 bits per heavy atom. The molecule has 0 N–H and O–H groups in total. The van der Waals surface area contributed by atoms with Gasteiger partial charge in [-0.25, -0.2) is 0 Å². The SMILES string of the molecule is CCC(C)Oc1ccc(N(c2ccccc2)c2ccc([SiH3])cc2)cc1. The quantitative estimate of drug-likeness (QED) is 0.616. The Bertz CT molecular complexity index is 785. The van der Waals surface area contributed by atoms with E-state index in [4.69, 9.17) is 4.74 Å². The second kappa shape index (κ2) is 8.04. The lowest BCUT2D eigenvalue weighted by atomic mass is 10.2. The number of para-hydroxylation sites is 1. The van der Waals surface area contributed by atoms with E-state index < -0.39 is 0 Å². The minimum absolute atomic E-state index is 0.234. The summed E-state index contributed by atoms with van der Waals surface area (Å²) in [7, 11) is 1.07. The highest BCUT2D eigenvalue weighted by atomic mass is 28.1. The van der Waals surface area contributed by atoms with Crippen molar-refractivity contribution in [3.8, 4) is 5.75 Å². The predicted octanol–water partition coefficient (Wildman–Crippen LogP) is 4.32. The van der Waals surface area contributed by atoms with E-state index in [2.05, 4.69) is 91.5 Å². The van der Waals surface area contributed by atoms with Crippen molar-refractivity contribution in [2.75, 3.05) is 4.90 Å². The molecule has 0 heterocycles. The molecule has 0 amide bonds. The monoisotopic (exact) mass is 347 g/mol. The van der Waals surface area contributed by atoms with E-state index in [1.807, 2.05) is 6.07 Å². The lowest BCUT2D eigenvalue weighted by molar-refractivity contribution is 0.217. The molecule has 1 atom stereocenters. The summed E-state index contributed by atoms with van der Waals surface area (Å²) in [6.45, 7) is 4.23. The number of nitrogens with zero attached hydrogens (tertiary/aromatic N) is 1. The highest BCUT2D eigenvalue weighted by molar-refractivity contribution is 6.32. The molecule has 0 saturated carbocycles. The number of hydrogen-bond acceptors (Lipinski definition) is 2. The Hall–Kier alpha value is -2.52. The zero-order valence-corrected chi connectivity index (χ0v) is 17.1. The summed E-state index contributed by atoms with van der Waals surface area (Å²) in [4.78, 5) is 2.27. The number of ether oxygens (including phenoxy) is 1. The molecular weight excluding hydrogens is 322 g/mol. The van der Waals surface area contributed by atoms with Gasteiger partial charge in [0.25, 0.3) is 0 Å². The van der Waals surface area contributed by atoms with E-state index in [0.29, 0.717) is 0 Å². The van der Waals surface area contributed by atoms with Crippen LogP contribution in [0.1, 0.15) is 20.3 Å². The van der Waals surface area contributed by atoms with Gasteiger partial charge in [-0.1, -0.05) is 42.4 Å². The fourth-order valence-corrected chi connectivity index (χ4v) is 3.04. The van der Waals surface area contributed by atoms with E-state index in [1.165, 1.54) is 10.9 Å². The van der Waals surface area contributed by atoms with E-state index in [1.54, 1.807) is 0 Å². The first kappa shape index (κ1) is 17.3. The Balaban J connectivity index is 1.96. The average Bonchev–Trinajstić information content (AvgIpc) is 2.66. The molecule has 0 aromatic heterocycles. The van der Waals surface area contributed by atoms with Gasteiger partial charge in [-0.3, -0.25) is 0 Å². The summed E-state index contributed by atoms with van der Waals surface area (Å²) < 4.78 is 5.91. The van der Waals surface area contributed by atoms with Gasteiger partial charge in [0.2, 0.25) is 0 Å². The van der Waals surface area contributed by atoms with Crippen LogP contribution in [0.5, 0.6) is 5.75 Å². The zero-order chi connectivity index (χ0) is 17.6. The Morgan fingerprint density at radius 1 is 0.800 bits per heavy atom. The molecule has 0 saturated heterocycles. The van der Waals surface area contributed by atoms with Crippen LogP contribution in [-0.4, -0.2) is 16.3 Å². The molecule has 0 radical (unpaired) electrons. The van der Waals surface area contributed by atoms with Crippen LogP contribution in [-0.2, 0) is 0 Å². The van der Waals surface area contributed by atoms with Crippen molar-refractivity contribution in [3.63, 3.8) is 0 Å². The highest BCUT2D eigenvalue weighted by Crippen LogP contribution is 2.34. The molecule has 3 aromatic rings. The fourth-order valence-electron chi connectivity index (χ4n) is 2.71. The molecule has 3 heteroatoms. The molecule has 3 rings (SSSR count). The van der Waals surface area contributed by atoms with E-state index >= 15 is 0 Å². The number of benzene rings is 3. The van der Waals surface area contributed by atoms with Gasteiger partial charge in [0.05, 0.1) is 6.10 Å². The molecule has 0 aliphatic rings. The number of hydrogen-bond donors (Lipinski definition) is 0. The first-order chi connectivity index (χ1) is 12.2. The minimum Gasteiger partial charge on any atom is -0.491 e. The minimum atomic E-state index is 0.234. The van der Waals surface area contributed by atoms with Crippen LogP contribution in [0.25, 0.3) is 0 Å². The van der Waals surface area contributed by atoms with Crippen LogP contribution in [0.2, 0.25) is 0 Å². The lowest BCUT2D eigenvalue weighted by Gasteiger charge is -2.26. The number of anilines is 3. The van der Waals surface area contributed by atoms with Crippen LogP contribution >= 0.6 is 0 Å². The molecule has 0 bridgehead atoms. The standard InChI is InChI=1S/C22H25NOSi/c1-3-17(2)24-21-13-9-19(10-14-21)23(18-7-5-4-6-8-18)20-11-15-22(25)16-12-20/h4-17H,3H2,1-2,25H3. The van der Waals surface area contributed by atoms with Crippen LogP contribution in [0, 0.1) is 0 Å². The second-order valence-corrected chi connectivity index (χ2v) is 7.49. The molecule has 0 fully saturated rings. The van der Waals surface area contributed by atoms with Crippen LogP contribution in [0.4, 0.5) is 17.1 Å². The van der Waals surface area contributed by atoms with Gasteiger partial charge in [-0.15, -0.1) is 0 Å². The maximum Gasteiger partial charge on any atom is 0.119 e. The molecule has 0 spiro atoms. The van der Waals surface area contributed by atoms with Gasteiger partial charge in [0.15, 0.2) is 0 Å². The third-order valence-electron chi connectivity index (χ3n) is 4.31. The van der Waals surface area contributed by atoms with Crippen LogP contribution in [0.3, 0.4) is 0 Å². The summed E-state index contributed by atoms with van der Waals surface area (Å²) in [5, 5.41) is 1.40. The summed E-state index contributed by atoms with van der Waals surface area (Å²) in [5.74, 6) is 0.918. The van der Waals surface area contributed by atoms with Crippen molar-refractivity contribution in [2.24, 2.45) is 0 Å². The molecular formula is C22H25NOSi. The molecule has 0 aliphatic heterocycles. The highest BCUT2D eigenvalue weighted by Gasteiger charge is 2.12. The van der Waals surface area contributed by atoms with Crippen molar-refractivity contribution in [1.82, 2.24) is 0 Å². The summed E-state index contributed by atoms with van der Waals surface area (Å²) >= 11 is 0. The van der Waals surface area contributed by atoms with Crippen molar-refractivity contribution >= 4 is 32.5 Å². The molecule has 2 nitrogen and oxygen atoms in total. The molecule has 0 aliphatic carbocycles. The third kappa shape index (κ3) is 4.31. The summed E-state index contributed by atoms with van der Waals surface area (Å²) in [6, 6.07) is 27.6. The third-order valence-corrected chi connectivity index (χ3v) is 4.98. The maximum absolute atomic E-state index is 5.91. The van der Waals surface area contributed by atoms with Gasteiger partial charge in [-0.05, 0) is 61.9 Å². The Kier molecular flexibility index (Phi) is 5.56. The lowest BCUT2D eigenvalue weighted by Crippen LogP contribution is -2.12. The zero-order valence-electron chi connectivity index (χ0n) is 15.1. The maximum atomic E-state index is 5.91. The Labute approximate surface area is 153 Å². The molecule has 128 valence electrons. The average molecular weight is 348 g/mol. The van der Waals surface area contributed by atoms with E-state index in [0.717, 1.165) is 33.8 Å². The summed E-state index contributed by atoms with van der Waals surface area (Å²) in [5.41, 5.74) is 3.45. The van der Waals surface area contributed by atoms with Crippen LogP contribution in [0.15, 0.2) is 78.9 Å². The van der Waals surface area contributed by atoms with Gasteiger partial charge >= 0.3 is 0 Å². The largest absolute Gasteiger partial charge is 0.491 e. The second-order valence-electron chi connectivity index (χ2n) is 6.34. The normalized spacial score (nSPS) is 11.9. The predicted molar refractivity (Wildman–Crippen MR) is 111 cm³/mol. The first-order valence-corrected chi connectivity index (χ1v) is 9.86. The summed E-state index contributed by atoms with van der Waals surface area (Å²) in [6.07, 6.45) is 1.24. The Morgan fingerprint density at radius 2 is 1.32 bits per heavy atom. The molecule has 25 heavy (non-hydrogen) atoms. The van der Waals surface area contributed by atoms with Gasteiger partial charge in [-0.2, -0.15) is 0 Å². The van der Waals surface area contributed by atoms with Crippen molar-refractivity contribution < 1.29 is 4.74 Å². The fraction of sp³-hybridized carbons (Fsp3) is 0.182. The molecule has 3 aromatic carbocycles. The van der Waals surface area contributed by atoms with Crippen LogP contribution < -0.4 is 14.8 Å².